The summed E-state index contributed by atoms with van der Waals surface area (Å²) in [6.45, 7) is 4.02. The van der Waals surface area contributed by atoms with Crippen LogP contribution in [0.3, 0.4) is 0 Å². The molecule has 0 saturated heterocycles. The summed E-state index contributed by atoms with van der Waals surface area (Å²) in [4.78, 5) is 16.0. The van der Waals surface area contributed by atoms with Crippen LogP contribution in [-0.4, -0.2) is 17.4 Å². The predicted octanol–water partition coefficient (Wildman–Crippen LogP) is 3.74. The molecule has 0 aliphatic rings. The summed E-state index contributed by atoms with van der Waals surface area (Å²) >= 11 is 0.886. The number of unbranched alkanes of at least 4 members (excludes halogenated alkanes) is 1. The van der Waals surface area contributed by atoms with E-state index in [0.717, 1.165) is 30.2 Å². The Morgan fingerprint density at radius 1 is 1.45 bits per heavy atom. The van der Waals surface area contributed by atoms with Gasteiger partial charge in [0.2, 0.25) is 0 Å². The quantitative estimate of drug-likeness (QED) is 0.839. The molecule has 2 rings (SSSR count). The maximum absolute atomic E-state index is 12.8. The van der Waals surface area contributed by atoms with Crippen molar-refractivity contribution in [2.45, 2.75) is 32.9 Å². The Morgan fingerprint density at radius 2 is 2.14 bits per heavy atom. The number of thiophene rings is 1. The van der Waals surface area contributed by atoms with E-state index >= 15 is 0 Å². The Bertz CT molecular complexity index is 709. The first-order chi connectivity index (χ1) is 10.3. The third kappa shape index (κ3) is 3.16. The standard InChI is InChI=1S/C14H16F3N3OS/c1-3-4-5-19-12(21)11-10(18)9-7(2)6-8(14(15,16)17)20-13(9)22-11/h6H,3-5,18H2,1-2H3,(H,19,21). The van der Waals surface area contributed by atoms with Gasteiger partial charge < -0.3 is 11.1 Å². The lowest BCUT2D eigenvalue weighted by molar-refractivity contribution is -0.141. The molecule has 3 N–H and O–H groups in total. The van der Waals surface area contributed by atoms with Gasteiger partial charge >= 0.3 is 6.18 Å². The normalized spacial score (nSPS) is 11.9. The van der Waals surface area contributed by atoms with Gasteiger partial charge in [0.1, 0.15) is 15.4 Å². The first kappa shape index (κ1) is 16.5. The van der Waals surface area contributed by atoms with E-state index in [0.29, 0.717) is 17.5 Å². The number of nitrogens with zero attached hydrogens (tertiary/aromatic N) is 1. The van der Waals surface area contributed by atoms with Gasteiger partial charge in [-0.15, -0.1) is 11.3 Å². The second kappa shape index (κ2) is 6.12. The number of fused-ring (bicyclic) bond motifs is 1. The molecule has 0 aromatic carbocycles. The zero-order valence-electron chi connectivity index (χ0n) is 12.2. The molecule has 0 aliphatic carbocycles. The molecule has 0 fully saturated rings. The molecule has 0 spiro atoms. The lowest BCUT2D eigenvalue weighted by atomic mass is 10.1. The highest BCUT2D eigenvalue weighted by Gasteiger charge is 2.34. The maximum atomic E-state index is 12.8. The van der Waals surface area contributed by atoms with Crippen LogP contribution in [0.4, 0.5) is 18.9 Å². The summed E-state index contributed by atoms with van der Waals surface area (Å²) in [7, 11) is 0. The molecule has 0 bridgehead atoms. The van der Waals surface area contributed by atoms with Crippen LogP contribution in [0.15, 0.2) is 6.07 Å². The summed E-state index contributed by atoms with van der Waals surface area (Å²) in [5, 5.41) is 3.12. The second-order valence-corrected chi connectivity index (χ2v) is 5.96. The van der Waals surface area contributed by atoms with E-state index in [-0.39, 0.29) is 21.3 Å². The SMILES string of the molecule is CCCCNC(=O)c1sc2nc(C(F)(F)F)cc(C)c2c1N. The number of anilines is 1. The number of aryl methyl sites for hydroxylation is 1. The molecule has 2 aromatic rings. The number of hydrogen-bond acceptors (Lipinski definition) is 4. The predicted molar refractivity (Wildman–Crippen MR) is 81.0 cm³/mol. The van der Waals surface area contributed by atoms with Gasteiger partial charge in [-0.2, -0.15) is 13.2 Å². The molecule has 0 atom stereocenters. The van der Waals surface area contributed by atoms with E-state index in [9.17, 15) is 18.0 Å². The Morgan fingerprint density at radius 3 is 2.73 bits per heavy atom. The maximum Gasteiger partial charge on any atom is 0.433 e. The summed E-state index contributed by atoms with van der Waals surface area (Å²) in [5.74, 6) is -0.373. The highest BCUT2D eigenvalue weighted by Crippen LogP contribution is 2.38. The molecule has 2 aromatic heterocycles. The number of carbonyl (C=O) groups is 1. The molecule has 4 nitrogen and oxygen atoms in total. The third-order valence-corrected chi connectivity index (χ3v) is 4.31. The number of hydrogen-bond donors (Lipinski definition) is 2. The monoisotopic (exact) mass is 331 g/mol. The summed E-state index contributed by atoms with van der Waals surface area (Å²) in [6, 6.07) is 0.949. The summed E-state index contributed by atoms with van der Waals surface area (Å²) in [5.41, 5.74) is 5.50. The fourth-order valence-corrected chi connectivity index (χ4v) is 3.17. The van der Waals surface area contributed by atoms with Crippen molar-refractivity contribution in [3.05, 3.63) is 22.2 Å². The first-order valence-corrected chi connectivity index (χ1v) is 7.62. The highest BCUT2D eigenvalue weighted by atomic mass is 32.1. The van der Waals surface area contributed by atoms with Crippen LogP contribution in [0.5, 0.6) is 0 Å². The topological polar surface area (TPSA) is 68.0 Å². The van der Waals surface area contributed by atoms with Crippen molar-refractivity contribution in [1.29, 1.82) is 0 Å². The van der Waals surface area contributed by atoms with E-state index in [1.54, 1.807) is 0 Å². The van der Waals surface area contributed by atoms with Gasteiger partial charge in [-0.1, -0.05) is 13.3 Å². The van der Waals surface area contributed by atoms with Gasteiger partial charge in [-0.3, -0.25) is 4.79 Å². The zero-order chi connectivity index (χ0) is 16.5. The largest absolute Gasteiger partial charge is 0.433 e. The highest BCUT2D eigenvalue weighted by molar-refractivity contribution is 7.21. The van der Waals surface area contributed by atoms with Gasteiger partial charge in [0.25, 0.3) is 5.91 Å². The molecule has 1 amide bonds. The lowest BCUT2D eigenvalue weighted by Crippen LogP contribution is -2.24. The van der Waals surface area contributed by atoms with Gasteiger partial charge in [0.15, 0.2) is 0 Å². The Balaban J connectivity index is 2.44. The molecule has 22 heavy (non-hydrogen) atoms. The number of aromatic nitrogens is 1. The number of halogens is 3. The fourth-order valence-electron chi connectivity index (χ4n) is 2.08. The molecule has 8 heteroatoms. The smallest absolute Gasteiger partial charge is 0.397 e. The van der Waals surface area contributed by atoms with E-state index in [1.165, 1.54) is 6.92 Å². The number of pyridine rings is 1. The lowest BCUT2D eigenvalue weighted by Gasteiger charge is -2.07. The molecule has 120 valence electrons. The van der Waals surface area contributed by atoms with Crippen molar-refractivity contribution in [3.63, 3.8) is 0 Å². The first-order valence-electron chi connectivity index (χ1n) is 6.80. The van der Waals surface area contributed by atoms with E-state index in [1.807, 2.05) is 6.92 Å². The molecule has 0 unspecified atom stereocenters. The van der Waals surface area contributed by atoms with E-state index in [2.05, 4.69) is 10.3 Å². The van der Waals surface area contributed by atoms with Crippen molar-refractivity contribution >= 4 is 33.1 Å². The number of rotatable bonds is 4. The van der Waals surface area contributed by atoms with Crippen LogP contribution in [0.1, 0.15) is 40.7 Å². The van der Waals surface area contributed by atoms with Crippen molar-refractivity contribution in [3.8, 4) is 0 Å². The molecule has 0 radical (unpaired) electrons. The van der Waals surface area contributed by atoms with Crippen LogP contribution in [0.25, 0.3) is 10.2 Å². The number of nitrogens with one attached hydrogen (secondary N) is 1. The van der Waals surface area contributed by atoms with Gasteiger partial charge in [0.05, 0.1) is 5.69 Å². The molecular weight excluding hydrogens is 315 g/mol. The zero-order valence-corrected chi connectivity index (χ0v) is 13.0. The van der Waals surface area contributed by atoms with Crippen molar-refractivity contribution < 1.29 is 18.0 Å². The van der Waals surface area contributed by atoms with Crippen LogP contribution >= 0.6 is 11.3 Å². The van der Waals surface area contributed by atoms with Crippen molar-refractivity contribution in [1.82, 2.24) is 10.3 Å². The Kier molecular flexibility index (Phi) is 4.60. The van der Waals surface area contributed by atoms with Crippen LogP contribution in [0, 0.1) is 6.92 Å². The molecule has 0 saturated carbocycles. The number of nitrogens with two attached hydrogens (primary N) is 1. The van der Waals surface area contributed by atoms with Gasteiger partial charge in [0, 0.05) is 11.9 Å². The second-order valence-electron chi connectivity index (χ2n) is 4.96. The number of amides is 1. The average molecular weight is 331 g/mol. The minimum Gasteiger partial charge on any atom is -0.397 e. The van der Waals surface area contributed by atoms with Crippen molar-refractivity contribution in [2.75, 3.05) is 12.3 Å². The molecule has 0 aliphatic heterocycles. The van der Waals surface area contributed by atoms with Gasteiger partial charge in [-0.05, 0) is 25.0 Å². The number of alkyl halides is 3. The number of nitrogen functional groups attached to an aromatic ring is 1. The third-order valence-electron chi connectivity index (χ3n) is 3.21. The Labute approximate surface area is 129 Å². The summed E-state index contributed by atoms with van der Waals surface area (Å²) in [6.07, 6.45) is -2.77. The summed E-state index contributed by atoms with van der Waals surface area (Å²) < 4.78 is 38.4. The average Bonchev–Trinajstić information content (AvgIpc) is 2.76. The minimum absolute atomic E-state index is 0.130. The molecular formula is C14H16F3N3OS. The van der Waals surface area contributed by atoms with E-state index in [4.69, 9.17) is 5.73 Å². The van der Waals surface area contributed by atoms with Crippen LogP contribution in [0.2, 0.25) is 0 Å². The van der Waals surface area contributed by atoms with Crippen LogP contribution in [-0.2, 0) is 6.18 Å². The fraction of sp³-hybridized carbons (Fsp3) is 0.429. The molecule has 2 heterocycles. The van der Waals surface area contributed by atoms with Crippen LogP contribution < -0.4 is 11.1 Å². The van der Waals surface area contributed by atoms with Gasteiger partial charge in [-0.25, -0.2) is 4.98 Å². The minimum atomic E-state index is -4.53. The number of carbonyl (C=O) groups excluding carboxylic acids is 1. The Hall–Kier alpha value is -1.83. The van der Waals surface area contributed by atoms with Crippen molar-refractivity contribution in [2.24, 2.45) is 0 Å². The van der Waals surface area contributed by atoms with E-state index < -0.39 is 11.9 Å².